The Hall–Kier alpha value is -0.340. The van der Waals surface area contributed by atoms with E-state index in [4.69, 9.17) is 0 Å². The quantitative estimate of drug-likeness (QED) is 0.668. The largest absolute Gasteiger partial charge is 0.481 e. The molecule has 0 radical (unpaired) electrons. The molecule has 0 spiro atoms. The fraction of sp³-hybridized carbons (Fsp3) is 0.929. The van der Waals surface area contributed by atoms with Crippen molar-refractivity contribution in [3.05, 3.63) is 0 Å². The van der Waals surface area contributed by atoms with Gasteiger partial charge in [-0.15, -0.1) is 0 Å². The van der Waals surface area contributed by atoms with E-state index in [9.17, 15) is 19.4 Å². The maximum Gasteiger partial charge on any atom is 0.307 e. The van der Waals surface area contributed by atoms with Crippen molar-refractivity contribution in [2.24, 2.45) is 11.8 Å². The van der Waals surface area contributed by atoms with Gasteiger partial charge < -0.3 is 10.00 Å². The minimum Gasteiger partial charge on any atom is -0.481 e. The molecule has 1 fully saturated rings. The zero-order valence-electron chi connectivity index (χ0n) is 11.9. The van der Waals surface area contributed by atoms with Crippen molar-refractivity contribution in [2.45, 2.75) is 58.3 Å². The van der Waals surface area contributed by atoms with Gasteiger partial charge in [-0.05, 0) is 18.8 Å². The average molecular weight is 290 g/mol. The first-order valence-electron chi connectivity index (χ1n) is 7.48. The molecule has 0 aromatic rings. The fourth-order valence-electron chi connectivity index (χ4n) is 2.92. The van der Waals surface area contributed by atoms with Crippen LogP contribution in [0.1, 0.15) is 58.3 Å². The number of carbonyl (C=O) groups is 1. The lowest BCUT2D eigenvalue weighted by Crippen LogP contribution is -2.23. The van der Waals surface area contributed by atoms with Crippen molar-refractivity contribution in [3.63, 3.8) is 0 Å². The van der Waals surface area contributed by atoms with Crippen LogP contribution < -0.4 is 0 Å². The number of hydrogen-bond acceptors (Lipinski definition) is 2. The molecule has 1 aliphatic carbocycles. The molecule has 0 aromatic heterocycles. The zero-order chi connectivity index (χ0) is 14.3. The molecule has 0 heterocycles. The van der Waals surface area contributed by atoms with E-state index in [0.29, 0.717) is 18.8 Å². The van der Waals surface area contributed by atoms with E-state index < -0.39 is 19.3 Å². The first-order valence-corrected chi connectivity index (χ1v) is 9.51. The summed E-state index contributed by atoms with van der Waals surface area (Å²) in [7, 11) is -3.27. The average Bonchev–Trinajstić information content (AvgIpc) is 2.36. The minimum absolute atomic E-state index is 0.0428. The third-order valence-corrected chi connectivity index (χ3v) is 6.08. The van der Waals surface area contributed by atoms with Crippen LogP contribution in [-0.2, 0) is 9.36 Å². The summed E-state index contributed by atoms with van der Waals surface area (Å²) in [5.74, 6) is -1.12. The highest BCUT2D eigenvalue weighted by Crippen LogP contribution is 2.45. The van der Waals surface area contributed by atoms with Crippen LogP contribution in [0, 0.1) is 11.8 Å². The molecular formula is C14H27O4P. The highest BCUT2D eigenvalue weighted by atomic mass is 31.2. The van der Waals surface area contributed by atoms with E-state index in [-0.39, 0.29) is 12.3 Å². The van der Waals surface area contributed by atoms with Crippen LogP contribution in [0.3, 0.4) is 0 Å². The lowest BCUT2D eigenvalue weighted by molar-refractivity contribution is -0.141. The van der Waals surface area contributed by atoms with Gasteiger partial charge in [0.1, 0.15) is 0 Å². The van der Waals surface area contributed by atoms with E-state index in [0.717, 1.165) is 19.3 Å². The molecule has 0 bridgehead atoms. The van der Waals surface area contributed by atoms with Gasteiger partial charge in [-0.3, -0.25) is 9.36 Å². The number of unbranched alkanes of at least 4 members (excludes halogenated alkanes) is 1. The van der Waals surface area contributed by atoms with Crippen LogP contribution in [0.4, 0.5) is 0 Å². The molecule has 1 rings (SSSR count). The van der Waals surface area contributed by atoms with Gasteiger partial charge in [-0.25, -0.2) is 0 Å². The van der Waals surface area contributed by atoms with E-state index in [1.807, 2.05) is 6.92 Å². The SMILES string of the molecule is CCCCP(=O)(O)CC(CC1CCCCC1)C(=O)O. The van der Waals surface area contributed by atoms with Crippen molar-refractivity contribution in [2.75, 3.05) is 12.3 Å². The van der Waals surface area contributed by atoms with Crippen molar-refractivity contribution in [1.29, 1.82) is 0 Å². The highest BCUT2D eigenvalue weighted by Gasteiger charge is 2.30. The maximum atomic E-state index is 12.0. The molecule has 112 valence electrons. The molecule has 2 unspecified atom stereocenters. The van der Waals surface area contributed by atoms with E-state index in [2.05, 4.69) is 0 Å². The predicted molar refractivity (Wildman–Crippen MR) is 76.8 cm³/mol. The molecule has 0 aliphatic heterocycles. The third kappa shape index (κ3) is 6.58. The lowest BCUT2D eigenvalue weighted by Gasteiger charge is -2.25. The van der Waals surface area contributed by atoms with Gasteiger partial charge in [0, 0.05) is 12.3 Å². The fourth-order valence-corrected chi connectivity index (χ4v) is 4.91. The second kappa shape index (κ2) is 8.06. The Morgan fingerprint density at radius 2 is 1.95 bits per heavy atom. The number of carboxylic acid groups (broad SMARTS) is 1. The molecule has 19 heavy (non-hydrogen) atoms. The Kier molecular flexibility index (Phi) is 7.09. The smallest absolute Gasteiger partial charge is 0.307 e. The first-order chi connectivity index (χ1) is 8.94. The number of aliphatic carboxylic acids is 1. The van der Waals surface area contributed by atoms with E-state index in [1.165, 1.54) is 19.3 Å². The Bertz CT molecular complexity index is 323. The minimum atomic E-state index is -3.27. The van der Waals surface area contributed by atoms with Crippen molar-refractivity contribution >= 4 is 13.3 Å². The van der Waals surface area contributed by atoms with E-state index >= 15 is 0 Å². The van der Waals surface area contributed by atoms with Crippen LogP contribution in [0.15, 0.2) is 0 Å². The lowest BCUT2D eigenvalue weighted by atomic mass is 9.83. The van der Waals surface area contributed by atoms with Crippen LogP contribution >= 0.6 is 7.37 Å². The monoisotopic (exact) mass is 290 g/mol. The summed E-state index contributed by atoms with van der Waals surface area (Å²) in [5.41, 5.74) is 0. The van der Waals surface area contributed by atoms with Gasteiger partial charge in [0.2, 0.25) is 7.37 Å². The standard InChI is InChI=1S/C14H27O4P/c1-2-3-9-19(17,18)11-13(14(15)16)10-12-7-5-4-6-8-12/h12-13H,2-11H2,1H3,(H,15,16)(H,17,18). The molecular weight excluding hydrogens is 263 g/mol. The highest BCUT2D eigenvalue weighted by molar-refractivity contribution is 7.58. The maximum absolute atomic E-state index is 12.0. The Morgan fingerprint density at radius 1 is 1.32 bits per heavy atom. The summed E-state index contributed by atoms with van der Waals surface area (Å²) in [6, 6.07) is 0. The second-order valence-electron chi connectivity index (χ2n) is 5.88. The number of hydrogen-bond donors (Lipinski definition) is 2. The second-order valence-corrected chi connectivity index (χ2v) is 8.39. The summed E-state index contributed by atoms with van der Waals surface area (Å²) in [5, 5.41) is 9.26. The Morgan fingerprint density at radius 3 is 2.47 bits per heavy atom. The predicted octanol–water partition coefficient (Wildman–Crippen LogP) is 3.73. The Labute approximate surface area is 116 Å². The zero-order valence-corrected chi connectivity index (χ0v) is 12.8. The topological polar surface area (TPSA) is 74.6 Å². The molecule has 1 saturated carbocycles. The molecule has 0 amide bonds. The van der Waals surface area contributed by atoms with E-state index in [1.54, 1.807) is 0 Å². The van der Waals surface area contributed by atoms with Gasteiger partial charge in [0.05, 0.1) is 5.92 Å². The summed E-state index contributed by atoms with van der Waals surface area (Å²) in [6.45, 7) is 1.97. The summed E-state index contributed by atoms with van der Waals surface area (Å²) in [4.78, 5) is 21.2. The summed E-state index contributed by atoms with van der Waals surface area (Å²) in [6.07, 6.45) is 8.09. The van der Waals surface area contributed by atoms with Crippen LogP contribution in [-0.4, -0.2) is 28.3 Å². The summed E-state index contributed by atoms with van der Waals surface area (Å²) >= 11 is 0. The number of carboxylic acids is 1. The van der Waals surface area contributed by atoms with Crippen molar-refractivity contribution in [3.8, 4) is 0 Å². The van der Waals surface area contributed by atoms with Crippen LogP contribution in [0.5, 0.6) is 0 Å². The molecule has 0 aromatic carbocycles. The van der Waals surface area contributed by atoms with Crippen molar-refractivity contribution in [1.82, 2.24) is 0 Å². The van der Waals surface area contributed by atoms with Gasteiger partial charge >= 0.3 is 5.97 Å². The van der Waals surface area contributed by atoms with Gasteiger partial charge in [0.25, 0.3) is 0 Å². The molecule has 2 atom stereocenters. The third-order valence-electron chi connectivity index (χ3n) is 4.06. The molecule has 1 aliphatic rings. The van der Waals surface area contributed by atoms with Crippen molar-refractivity contribution < 1.29 is 19.4 Å². The molecule has 4 nitrogen and oxygen atoms in total. The molecule has 0 saturated heterocycles. The summed E-state index contributed by atoms with van der Waals surface area (Å²) < 4.78 is 12.0. The Balaban J connectivity index is 2.51. The van der Waals surface area contributed by atoms with Crippen LogP contribution in [0.2, 0.25) is 0 Å². The van der Waals surface area contributed by atoms with Gasteiger partial charge in [-0.2, -0.15) is 0 Å². The first kappa shape index (κ1) is 16.7. The number of rotatable bonds is 8. The van der Waals surface area contributed by atoms with Gasteiger partial charge in [-0.1, -0.05) is 45.4 Å². The molecule has 2 N–H and O–H groups in total. The normalized spacial score (nSPS) is 21.8. The molecule has 5 heteroatoms. The van der Waals surface area contributed by atoms with Gasteiger partial charge in [0.15, 0.2) is 0 Å². The van der Waals surface area contributed by atoms with Crippen LogP contribution in [0.25, 0.3) is 0 Å².